The Morgan fingerprint density at radius 2 is 1.73 bits per heavy atom. The largest absolute Gasteiger partial charge is 0.311 e. The van der Waals surface area contributed by atoms with Crippen LogP contribution in [0.4, 0.5) is 5.82 Å². The van der Waals surface area contributed by atoms with Gasteiger partial charge in [-0.3, -0.25) is 19.3 Å². The number of hydrogen-bond donors (Lipinski definition) is 1. The number of fused-ring (bicyclic) bond motifs is 5. The number of rotatable bonds is 5. The van der Waals surface area contributed by atoms with Crippen LogP contribution in [0.1, 0.15) is 24.4 Å². The first-order chi connectivity index (χ1) is 14.5. The number of carbonyl (C=O) groups excluding carboxylic acids is 3. The number of aromatic nitrogens is 1. The lowest BCUT2D eigenvalue weighted by Gasteiger charge is -2.28. The van der Waals surface area contributed by atoms with Crippen molar-refractivity contribution in [3.05, 3.63) is 70.8 Å². The molecule has 7 heteroatoms. The fourth-order valence-corrected chi connectivity index (χ4v) is 5.35. The summed E-state index contributed by atoms with van der Waals surface area (Å²) in [4.78, 5) is 44.9. The van der Waals surface area contributed by atoms with E-state index in [9.17, 15) is 14.4 Å². The fraction of sp³-hybridized carbons (Fsp3) is 0.304. The number of anilines is 1. The molecule has 2 bridgehead atoms. The predicted octanol–water partition coefficient (Wildman–Crippen LogP) is 3.72. The number of allylic oxidation sites excluding steroid dienone is 2. The van der Waals surface area contributed by atoms with Gasteiger partial charge in [0, 0.05) is 10.7 Å². The van der Waals surface area contributed by atoms with E-state index in [1.807, 2.05) is 24.3 Å². The van der Waals surface area contributed by atoms with Crippen LogP contribution in [0.5, 0.6) is 0 Å². The zero-order chi connectivity index (χ0) is 20.8. The number of carbonyl (C=O) groups is 3. The van der Waals surface area contributed by atoms with E-state index in [1.54, 1.807) is 24.4 Å². The Bertz CT molecular complexity index is 1010. The van der Waals surface area contributed by atoms with Crippen molar-refractivity contribution in [3.8, 4) is 0 Å². The minimum atomic E-state index is -0.646. The average molecular weight is 466 g/mol. The van der Waals surface area contributed by atoms with Crippen molar-refractivity contribution in [1.82, 2.24) is 9.88 Å². The molecule has 1 N–H and O–H groups in total. The lowest BCUT2D eigenvalue weighted by Crippen LogP contribution is -2.38. The van der Waals surface area contributed by atoms with Crippen LogP contribution in [0.25, 0.3) is 0 Å². The maximum Gasteiger partial charge on any atom is 0.234 e. The number of imide groups is 1. The molecule has 1 saturated carbocycles. The van der Waals surface area contributed by atoms with Crippen LogP contribution in [-0.4, -0.2) is 27.6 Å². The standard InChI is InChI=1S/C23H20BrN3O3/c24-16-8-6-13(7-9-16)17(12-19(28)26-18-3-1-2-10-25-18)27-22(29)20-14-4-5-15(11-14)21(20)23(27)30/h1-10,14-15,17,20-21H,11-12H2,(H,25,26,28). The molecule has 2 aromatic rings. The molecule has 1 saturated heterocycles. The smallest absolute Gasteiger partial charge is 0.234 e. The van der Waals surface area contributed by atoms with Gasteiger partial charge in [0.1, 0.15) is 5.82 Å². The second-order valence-corrected chi connectivity index (χ2v) is 9.00. The SMILES string of the molecule is O=C(CC(c1ccc(Br)cc1)N1C(=O)C2C3C=CC(C3)C2C1=O)Nc1ccccn1. The molecule has 3 aliphatic rings. The van der Waals surface area contributed by atoms with E-state index in [2.05, 4.69) is 38.4 Å². The summed E-state index contributed by atoms with van der Waals surface area (Å²) in [7, 11) is 0. The quantitative estimate of drug-likeness (QED) is 0.538. The molecule has 3 amide bonds. The first-order valence-corrected chi connectivity index (χ1v) is 10.8. The Labute approximate surface area is 182 Å². The third kappa shape index (κ3) is 3.17. The van der Waals surface area contributed by atoms with E-state index in [4.69, 9.17) is 0 Å². The lowest BCUT2D eigenvalue weighted by atomic mass is 9.85. The highest BCUT2D eigenvalue weighted by Gasteiger charge is 2.60. The summed E-state index contributed by atoms with van der Waals surface area (Å²) in [5, 5.41) is 2.77. The van der Waals surface area contributed by atoms with Gasteiger partial charge in [-0.2, -0.15) is 0 Å². The number of pyridine rings is 1. The minimum Gasteiger partial charge on any atom is -0.311 e. The van der Waals surface area contributed by atoms with E-state index in [-0.39, 0.29) is 47.8 Å². The molecule has 0 radical (unpaired) electrons. The summed E-state index contributed by atoms with van der Waals surface area (Å²) in [6.07, 6.45) is 6.60. The molecular weight excluding hydrogens is 446 g/mol. The summed E-state index contributed by atoms with van der Waals surface area (Å²) in [6, 6.07) is 12.0. The summed E-state index contributed by atoms with van der Waals surface area (Å²) < 4.78 is 0.890. The molecular formula is C23H20BrN3O3. The van der Waals surface area contributed by atoms with Gasteiger partial charge >= 0.3 is 0 Å². The van der Waals surface area contributed by atoms with Crippen LogP contribution in [-0.2, 0) is 14.4 Å². The van der Waals surface area contributed by atoms with Gasteiger partial charge in [0.25, 0.3) is 0 Å². The van der Waals surface area contributed by atoms with Crippen LogP contribution in [0, 0.1) is 23.7 Å². The maximum atomic E-state index is 13.3. The topological polar surface area (TPSA) is 79.4 Å². The van der Waals surface area contributed by atoms with Gasteiger partial charge in [0.15, 0.2) is 0 Å². The maximum absolute atomic E-state index is 13.3. The van der Waals surface area contributed by atoms with Crippen LogP contribution < -0.4 is 5.32 Å². The second-order valence-electron chi connectivity index (χ2n) is 8.08. The number of halogens is 1. The van der Waals surface area contributed by atoms with Gasteiger partial charge in [-0.1, -0.05) is 46.3 Å². The normalized spacial score (nSPS) is 27.4. The molecule has 5 unspecified atom stereocenters. The number of likely N-dealkylation sites (tertiary alicyclic amines) is 1. The number of hydrogen-bond acceptors (Lipinski definition) is 4. The molecule has 2 fully saturated rings. The highest BCUT2D eigenvalue weighted by molar-refractivity contribution is 9.10. The molecule has 30 heavy (non-hydrogen) atoms. The van der Waals surface area contributed by atoms with Gasteiger partial charge in [-0.25, -0.2) is 4.98 Å². The van der Waals surface area contributed by atoms with Crippen molar-refractivity contribution in [2.24, 2.45) is 23.7 Å². The molecule has 6 nitrogen and oxygen atoms in total. The summed E-state index contributed by atoms with van der Waals surface area (Å²) in [5.74, 6) is -0.464. The molecule has 5 rings (SSSR count). The molecule has 0 spiro atoms. The fourth-order valence-electron chi connectivity index (χ4n) is 5.08. The van der Waals surface area contributed by atoms with Crippen LogP contribution in [0.15, 0.2) is 65.3 Å². The van der Waals surface area contributed by atoms with E-state index in [0.717, 1.165) is 16.5 Å². The Hall–Kier alpha value is -2.80. The predicted molar refractivity (Wildman–Crippen MR) is 114 cm³/mol. The third-order valence-corrected chi connectivity index (χ3v) is 6.91. The van der Waals surface area contributed by atoms with E-state index >= 15 is 0 Å². The third-order valence-electron chi connectivity index (χ3n) is 6.38. The second kappa shape index (κ2) is 7.47. The number of nitrogens with one attached hydrogen (secondary N) is 1. The molecule has 2 heterocycles. The van der Waals surface area contributed by atoms with Crippen molar-refractivity contribution < 1.29 is 14.4 Å². The van der Waals surface area contributed by atoms with Gasteiger partial charge in [0.2, 0.25) is 17.7 Å². The van der Waals surface area contributed by atoms with Crippen molar-refractivity contribution >= 4 is 39.5 Å². The van der Waals surface area contributed by atoms with Crippen molar-refractivity contribution in [3.63, 3.8) is 0 Å². The molecule has 1 aromatic heterocycles. The molecule has 2 aliphatic carbocycles. The van der Waals surface area contributed by atoms with Crippen LogP contribution in [0.2, 0.25) is 0 Å². The number of nitrogens with zero attached hydrogens (tertiary/aromatic N) is 2. The summed E-state index contributed by atoms with van der Waals surface area (Å²) in [6.45, 7) is 0. The molecule has 1 aromatic carbocycles. The first kappa shape index (κ1) is 19.2. The Morgan fingerprint density at radius 1 is 1.07 bits per heavy atom. The minimum absolute atomic E-state index is 0.0160. The van der Waals surface area contributed by atoms with Crippen molar-refractivity contribution in [2.45, 2.75) is 18.9 Å². The summed E-state index contributed by atoms with van der Waals surface area (Å²) >= 11 is 3.42. The zero-order valence-electron chi connectivity index (χ0n) is 16.1. The van der Waals surface area contributed by atoms with E-state index in [0.29, 0.717) is 5.82 Å². The van der Waals surface area contributed by atoms with Crippen LogP contribution in [0.3, 0.4) is 0 Å². The van der Waals surface area contributed by atoms with Gasteiger partial charge in [0.05, 0.1) is 24.3 Å². The lowest BCUT2D eigenvalue weighted by molar-refractivity contribution is -0.144. The highest BCUT2D eigenvalue weighted by atomic mass is 79.9. The van der Waals surface area contributed by atoms with Gasteiger partial charge < -0.3 is 5.32 Å². The van der Waals surface area contributed by atoms with E-state index in [1.165, 1.54) is 4.90 Å². The molecule has 1 aliphatic heterocycles. The van der Waals surface area contributed by atoms with Gasteiger partial charge in [-0.05, 0) is 48.1 Å². The number of amides is 3. The van der Waals surface area contributed by atoms with Crippen molar-refractivity contribution in [2.75, 3.05) is 5.32 Å². The van der Waals surface area contributed by atoms with E-state index < -0.39 is 6.04 Å². The summed E-state index contributed by atoms with van der Waals surface area (Å²) in [5.41, 5.74) is 0.761. The zero-order valence-corrected chi connectivity index (χ0v) is 17.7. The average Bonchev–Trinajstić information content (AvgIpc) is 3.42. The first-order valence-electron chi connectivity index (χ1n) is 10.0. The Morgan fingerprint density at radius 3 is 2.33 bits per heavy atom. The molecule has 152 valence electrons. The molecule has 5 atom stereocenters. The Balaban J connectivity index is 1.44. The Kier molecular flexibility index (Phi) is 4.77. The number of benzene rings is 1. The highest BCUT2D eigenvalue weighted by Crippen LogP contribution is 2.54. The monoisotopic (exact) mass is 465 g/mol. The van der Waals surface area contributed by atoms with Crippen LogP contribution >= 0.6 is 15.9 Å². The van der Waals surface area contributed by atoms with Gasteiger partial charge in [-0.15, -0.1) is 0 Å². The van der Waals surface area contributed by atoms with Crippen molar-refractivity contribution in [1.29, 1.82) is 0 Å².